The molecule has 0 unspecified atom stereocenters. The largest absolute Gasteiger partial charge is 0.496 e. The van der Waals surface area contributed by atoms with Gasteiger partial charge in [-0.3, -0.25) is 4.79 Å². The van der Waals surface area contributed by atoms with E-state index in [-0.39, 0.29) is 5.43 Å². The van der Waals surface area contributed by atoms with Crippen LogP contribution in [-0.4, -0.2) is 28.4 Å². The minimum Gasteiger partial charge on any atom is -0.496 e. The molecule has 0 amide bonds. The van der Waals surface area contributed by atoms with Gasteiger partial charge in [0.1, 0.15) is 23.0 Å². The zero-order valence-electron chi connectivity index (χ0n) is 28.8. The number of ether oxygens (including phenoxy) is 4. The van der Waals surface area contributed by atoms with E-state index in [0.717, 1.165) is 108 Å². The third-order valence-electron chi connectivity index (χ3n) is 12.0. The number of methoxy groups -OCH3 is 4. The van der Waals surface area contributed by atoms with E-state index in [1.54, 1.807) is 28.4 Å². The van der Waals surface area contributed by atoms with Gasteiger partial charge in [-0.25, -0.2) is 0 Å². The first kappa shape index (κ1) is 28.1. The summed E-state index contributed by atoms with van der Waals surface area (Å²) in [7, 11) is 6.84. The van der Waals surface area contributed by atoms with Crippen LogP contribution in [0.1, 0.15) is 0 Å². The van der Waals surface area contributed by atoms with Crippen molar-refractivity contribution in [3.8, 4) is 23.0 Å². The molecule has 5 heteroatoms. The highest BCUT2D eigenvalue weighted by Crippen LogP contribution is 2.58. The number of fused-ring (bicyclic) bond motifs is 9. The first-order valence-electron chi connectivity index (χ1n) is 17.5. The van der Waals surface area contributed by atoms with Crippen LogP contribution in [0.5, 0.6) is 23.0 Å². The van der Waals surface area contributed by atoms with Crippen molar-refractivity contribution in [1.82, 2.24) is 0 Å². The molecular weight excluding hydrogens is 645 g/mol. The predicted octanol–water partition coefficient (Wildman–Crippen LogP) is 11.5. The topological polar surface area (TPSA) is 54.0 Å². The fourth-order valence-electron chi connectivity index (χ4n) is 10.2. The number of hydrogen-bond donors (Lipinski definition) is 0. The highest BCUT2D eigenvalue weighted by molar-refractivity contribution is 6.55. The molecule has 0 saturated carbocycles. The Morgan fingerprint density at radius 2 is 0.538 bits per heavy atom. The molecule has 0 N–H and O–H groups in total. The molecule has 0 atom stereocenters. The number of rotatable bonds is 4. The molecule has 0 saturated heterocycles. The van der Waals surface area contributed by atoms with Crippen LogP contribution < -0.4 is 24.4 Å². The SMILES string of the molecule is COc1cc(OC)c2c3cccc4c5cccc6c7c(OC)cc(OC)c8c9ccccc9c9c(=O)c%10c%11ccccc%11c1c2c%10c(c43)c(c56)c9c87. The Hall–Kier alpha value is -6.59. The molecule has 0 heterocycles. The molecule has 12 rings (SSSR count). The highest BCUT2D eigenvalue weighted by atomic mass is 16.5. The summed E-state index contributed by atoms with van der Waals surface area (Å²) in [5.41, 5.74) is -0.00191. The Bertz CT molecular complexity index is 3350. The molecule has 5 nitrogen and oxygen atoms in total. The maximum atomic E-state index is 16.1. The molecule has 0 radical (unpaired) electrons. The van der Waals surface area contributed by atoms with Gasteiger partial charge in [0.05, 0.1) is 28.4 Å². The Balaban J connectivity index is 1.64. The van der Waals surface area contributed by atoms with Gasteiger partial charge in [0.2, 0.25) is 0 Å². The van der Waals surface area contributed by atoms with Crippen LogP contribution in [0.3, 0.4) is 0 Å². The van der Waals surface area contributed by atoms with Gasteiger partial charge in [-0.1, -0.05) is 84.9 Å². The first-order valence-corrected chi connectivity index (χ1v) is 17.5. The smallest absolute Gasteiger partial charge is 0.195 e. The van der Waals surface area contributed by atoms with Crippen molar-refractivity contribution >= 4 is 118 Å². The van der Waals surface area contributed by atoms with E-state index >= 15 is 4.79 Å². The lowest BCUT2D eigenvalue weighted by Gasteiger charge is -2.24. The molecular formula is C47H28O5. The van der Waals surface area contributed by atoms with Crippen LogP contribution in [0.15, 0.2) is 102 Å². The van der Waals surface area contributed by atoms with E-state index in [0.29, 0.717) is 33.8 Å². The standard InChI is InChI=1S/C47H28O5/c1-49-29-19-31(51-3)37-27-17-9-15-21-22-16-10-18-28-34(22)42-41(33(21)27)45-39(25-13-7-5-11-23(25)35(29)43(37)45)47(48)40-26-14-8-6-12-24(26)36-30(50-2)20-32(52-4)38(28)44(36)46(40)42/h5-20H,1-4H3. The Labute approximate surface area is 295 Å². The molecule has 0 bridgehead atoms. The summed E-state index contributed by atoms with van der Waals surface area (Å²) in [5.74, 6) is 2.85. The maximum absolute atomic E-state index is 16.1. The Kier molecular flexibility index (Phi) is 5.08. The molecule has 12 aromatic carbocycles. The third kappa shape index (κ3) is 2.92. The fourth-order valence-corrected chi connectivity index (χ4v) is 10.2. The minimum absolute atomic E-state index is 0.00191. The van der Waals surface area contributed by atoms with Crippen LogP contribution in [0, 0.1) is 0 Å². The molecule has 0 aromatic heterocycles. The van der Waals surface area contributed by atoms with Crippen LogP contribution in [0.2, 0.25) is 0 Å². The summed E-state index contributed by atoms with van der Waals surface area (Å²) in [6.07, 6.45) is 0. The van der Waals surface area contributed by atoms with Gasteiger partial charge >= 0.3 is 0 Å². The van der Waals surface area contributed by atoms with E-state index in [9.17, 15) is 0 Å². The number of benzene rings is 11. The van der Waals surface area contributed by atoms with Gasteiger partial charge < -0.3 is 18.9 Å². The van der Waals surface area contributed by atoms with Crippen molar-refractivity contribution in [1.29, 1.82) is 0 Å². The number of hydrogen-bond acceptors (Lipinski definition) is 5. The van der Waals surface area contributed by atoms with Crippen molar-refractivity contribution in [3.05, 3.63) is 107 Å². The summed E-state index contributed by atoms with van der Waals surface area (Å²) in [5, 5.41) is 21.7. The van der Waals surface area contributed by atoms with Crippen LogP contribution in [0.25, 0.3) is 118 Å². The van der Waals surface area contributed by atoms with Crippen molar-refractivity contribution < 1.29 is 18.9 Å². The van der Waals surface area contributed by atoms with Crippen LogP contribution >= 0.6 is 0 Å². The molecule has 0 spiro atoms. The van der Waals surface area contributed by atoms with E-state index in [1.807, 2.05) is 36.4 Å². The van der Waals surface area contributed by atoms with E-state index in [2.05, 4.69) is 60.7 Å². The molecule has 0 fully saturated rings. The predicted molar refractivity (Wildman–Crippen MR) is 216 cm³/mol. The molecule has 0 aliphatic rings. The highest BCUT2D eigenvalue weighted by Gasteiger charge is 2.31. The monoisotopic (exact) mass is 672 g/mol. The summed E-state index contributed by atoms with van der Waals surface area (Å²) in [6.45, 7) is 0. The fraction of sp³-hybridized carbons (Fsp3) is 0.0851. The van der Waals surface area contributed by atoms with Crippen LogP contribution in [-0.2, 0) is 0 Å². The maximum Gasteiger partial charge on any atom is 0.195 e. The lowest BCUT2D eigenvalue weighted by molar-refractivity contribution is 0.401. The van der Waals surface area contributed by atoms with Crippen molar-refractivity contribution in [2.24, 2.45) is 0 Å². The van der Waals surface area contributed by atoms with Crippen molar-refractivity contribution in [3.63, 3.8) is 0 Å². The summed E-state index contributed by atoms with van der Waals surface area (Å²) in [6, 6.07) is 33.7. The molecule has 12 aromatic rings. The molecule has 0 aliphatic carbocycles. The van der Waals surface area contributed by atoms with Gasteiger partial charge in [-0.15, -0.1) is 0 Å². The second kappa shape index (κ2) is 9.39. The van der Waals surface area contributed by atoms with Crippen molar-refractivity contribution in [2.75, 3.05) is 28.4 Å². The average molecular weight is 673 g/mol. The van der Waals surface area contributed by atoms with Gasteiger partial charge in [-0.05, 0) is 53.9 Å². The van der Waals surface area contributed by atoms with Gasteiger partial charge in [0, 0.05) is 76.8 Å². The Morgan fingerprint density at radius 3 is 0.904 bits per heavy atom. The van der Waals surface area contributed by atoms with Gasteiger partial charge in [-0.2, -0.15) is 0 Å². The van der Waals surface area contributed by atoms with Crippen molar-refractivity contribution in [2.45, 2.75) is 0 Å². The lowest BCUT2D eigenvalue weighted by atomic mass is 9.80. The van der Waals surface area contributed by atoms with Crippen LogP contribution in [0.4, 0.5) is 0 Å². The quantitative estimate of drug-likeness (QED) is 0.138. The van der Waals surface area contributed by atoms with Gasteiger partial charge in [0.15, 0.2) is 5.43 Å². The third-order valence-corrected chi connectivity index (χ3v) is 12.0. The molecule has 246 valence electrons. The zero-order valence-corrected chi connectivity index (χ0v) is 28.8. The average Bonchev–Trinajstić information content (AvgIpc) is 3.32. The normalized spacial score (nSPS) is 12.7. The van der Waals surface area contributed by atoms with E-state index < -0.39 is 0 Å². The lowest BCUT2D eigenvalue weighted by Crippen LogP contribution is -2.03. The molecule has 0 aliphatic heterocycles. The van der Waals surface area contributed by atoms with E-state index in [1.165, 1.54) is 0 Å². The van der Waals surface area contributed by atoms with Gasteiger partial charge in [0.25, 0.3) is 0 Å². The first-order chi connectivity index (χ1) is 25.6. The summed E-state index contributed by atoms with van der Waals surface area (Å²) >= 11 is 0. The second-order valence-electron chi connectivity index (χ2n) is 13.9. The van der Waals surface area contributed by atoms with E-state index in [4.69, 9.17) is 18.9 Å². The second-order valence-corrected chi connectivity index (χ2v) is 13.9. The Morgan fingerprint density at radius 1 is 0.288 bits per heavy atom. The summed E-state index contributed by atoms with van der Waals surface area (Å²) in [4.78, 5) is 16.1. The molecule has 52 heavy (non-hydrogen) atoms. The zero-order chi connectivity index (χ0) is 34.7. The minimum atomic E-state index is -0.00191. The summed E-state index contributed by atoms with van der Waals surface area (Å²) < 4.78 is 24.8.